The second-order valence-electron chi connectivity index (χ2n) is 8.30. The molecule has 0 aliphatic heterocycles. The molecule has 0 aliphatic rings. The zero-order valence-corrected chi connectivity index (χ0v) is 21.4. The van der Waals surface area contributed by atoms with Crippen LogP contribution in [0.1, 0.15) is 30.3 Å². The highest BCUT2D eigenvalue weighted by atomic mass is 79.9. The Bertz CT molecular complexity index is 1450. The van der Waals surface area contributed by atoms with Crippen molar-refractivity contribution in [2.75, 3.05) is 19.0 Å². The zero-order chi connectivity index (χ0) is 24.9. The first kappa shape index (κ1) is 24.6. The Balaban J connectivity index is 1.75. The maximum Gasteiger partial charge on any atom is 0.282 e. The molecule has 0 saturated heterocycles. The van der Waals surface area contributed by atoms with Gasteiger partial charge in [-0.3, -0.25) is 4.79 Å². The van der Waals surface area contributed by atoms with Crippen LogP contribution in [0.2, 0.25) is 0 Å². The average molecular weight is 537 g/mol. The second kappa shape index (κ2) is 10.8. The molecule has 0 bridgehead atoms. The van der Waals surface area contributed by atoms with Crippen molar-refractivity contribution in [2.24, 2.45) is 5.10 Å². The number of benzene rings is 3. The highest BCUT2D eigenvalue weighted by Gasteiger charge is 2.12. The van der Waals surface area contributed by atoms with E-state index in [-0.39, 0.29) is 18.0 Å². The third-order valence-electron chi connectivity index (χ3n) is 5.52. The van der Waals surface area contributed by atoms with Crippen LogP contribution in [0, 0.1) is 5.82 Å². The minimum atomic E-state index is -0.323. The van der Waals surface area contributed by atoms with Gasteiger partial charge >= 0.3 is 0 Å². The van der Waals surface area contributed by atoms with Gasteiger partial charge in [-0.2, -0.15) is 9.78 Å². The summed E-state index contributed by atoms with van der Waals surface area (Å²) in [6, 6.07) is 17.6. The van der Waals surface area contributed by atoms with Gasteiger partial charge in [0.15, 0.2) is 0 Å². The molecule has 6 nitrogen and oxygen atoms in total. The molecule has 0 saturated carbocycles. The number of rotatable bonds is 8. The molecule has 0 fully saturated rings. The lowest BCUT2D eigenvalue weighted by Crippen LogP contribution is -2.22. The highest BCUT2D eigenvalue weighted by Crippen LogP contribution is 2.25. The number of halogens is 2. The van der Waals surface area contributed by atoms with Gasteiger partial charge in [0.25, 0.3) is 5.56 Å². The Morgan fingerprint density at radius 3 is 2.69 bits per heavy atom. The number of hydrogen-bond donors (Lipinski definition) is 0. The Morgan fingerprint density at radius 2 is 1.94 bits per heavy atom. The summed E-state index contributed by atoms with van der Waals surface area (Å²) in [7, 11) is 3.86. The number of anilines is 1. The van der Waals surface area contributed by atoms with Crippen LogP contribution in [0.15, 0.2) is 75.0 Å². The molecule has 180 valence electrons. The molecule has 0 atom stereocenters. The van der Waals surface area contributed by atoms with Gasteiger partial charge in [-0.1, -0.05) is 41.1 Å². The second-order valence-corrected chi connectivity index (χ2v) is 9.21. The van der Waals surface area contributed by atoms with Gasteiger partial charge in [-0.15, -0.1) is 0 Å². The summed E-state index contributed by atoms with van der Waals surface area (Å²) in [6.45, 7) is 2.09. The first-order valence-corrected chi connectivity index (χ1v) is 12.1. The lowest BCUT2D eigenvalue weighted by molar-refractivity contribution is 0.299. The van der Waals surface area contributed by atoms with Gasteiger partial charge in [0.2, 0.25) is 0 Å². The summed E-state index contributed by atoms with van der Waals surface area (Å²) in [5.74, 6) is 0.794. The van der Waals surface area contributed by atoms with E-state index in [1.807, 2.05) is 56.3 Å². The van der Waals surface area contributed by atoms with Crippen LogP contribution in [0.25, 0.3) is 10.9 Å². The van der Waals surface area contributed by atoms with Crippen molar-refractivity contribution < 1.29 is 9.13 Å². The van der Waals surface area contributed by atoms with Gasteiger partial charge < -0.3 is 9.64 Å². The Morgan fingerprint density at radius 1 is 1.14 bits per heavy atom. The van der Waals surface area contributed by atoms with Gasteiger partial charge in [0.05, 0.1) is 17.1 Å². The van der Waals surface area contributed by atoms with Crippen molar-refractivity contribution in [3.8, 4) is 5.75 Å². The van der Waals surface area contributed by atoms with Crippen LogP contribution in [-0.2, 0) is 13.0 Å². The maximum absolute atomic E-state index is 14.1. The fraction of sp³-hybridized carbons (Fsp3) is 0.222. The van der Waals surface area contributed by atoms with Crippen molar-refractivity contribution in [1.29, 1.82) is 0 Å². The molecule has 0 aliphatic carbocycles. The van der Waals surface area contributed by atoms with Gasteiger partial charge in [-0.05, 0) is 42.8 Å². The number of aromatic nitrogens is 2. The van der Waals surface area contributed by atoms with Crippen molar-refractivity contribution in [3.05, 3.63) is 98.3 Å². The lowest BCUT2D eigenvalue weighted by Gasteiger charge is -2.16. The molecule has 0 N–H and O–H groups in total. The summed E-state index contributed by atoms with van der Waals surface area (Å²) < 4.78 is 22.3. The minimum Gasteiger partial charge on any atom is -0.488 e. The number of hydrogen-bond acceptors (Lipinski definition) is 5. The third-order valence-corrected chi connectivity index (χ3v) is 6.01. The monoisotopic (exact) mass is 536 g/mol. The molecule has 0 spiro atoms. The number of fused-ring (bicyclic) bond motifs is 1. The van der Waals surface area contributed by atoms with E-state index in [1.165, 1.54) is 10.7 Å². The summed E-state index contributed by atoms with van der Waals surface area (Å²) in [6.07, 6.45) is 3.01. The van der Waals surface area contributed by atoms with E-state index < -0.39 is 0 Å². The first-order chi connectivity index (χ1) is 16.9. The summed E-state index contributed by atoms with van der Waals surface area (Å²) >= 11 is 3.42. The fourth-order valence-electron chi connectivity index (χ4n) is 3.62. The Kier molecular flexibility index (Phi) is 7.60. The standard InChI is InChI=1S/C27H26BrFN4O2/c1-4-7-26-31-24-13-11-20(28)14-22(24)27(34)33(26)30-16-18-10-12-21(32(2)3)15-25(18)35-17-19-8-5-6-9-23(19)29/h5-6,8-16H,4,7,17H2,1-3H3. The average Bonchev–Trinajstić information content (AvgIpc) is 2.84. The molecular formula is C27H26BrFN4O2. The fourth-order valence-corrected chi connectivity index (χ4v) is 3.98. The molecule has 35 heavy (non-hydrogen) atoms. The Labute approximate surface area is 211 Å². The lowest BCUT2D eigenvalue weighted by atomic mass is 10.2. The predicted molar refractivity (Wildman–Crippen MR) is 142 cm³/mol. The molecule has 0 unspecified atom stereocenters. The number of ether oxygens (including phenoxy) is 1. The van der Waals surface area contributed by atoms with E-state index >= 15 is 0 Å². The smallest absolute Gasteiger partial charge is 0.282 e. The quantitative estimate of drug-likeness (QED) is 0.268. The van der Waals surface area contributed by atoms with Gasteiger partial charge in [0.1, 0.15) is 24.0 Å². The normalized spacial score (nSPS) is 11.3. The van der Waals surface area contributed by atoms with Crippen molar-refractivity contribution in [3.63, 3.8) is 0 Å². The molecule has 0 radical (unpaired) electrons. The van der Waals surface area contributed by atoms with E-state index in [0.29, 0.717) is 40.0 Å². The highest BCUT2D eigenvalue weighted by molar-refractivity contribution is 9.10. The molecular weight excluding hydrogens is 511 g/mol. The van der Waals surface area contributed by atoms with Crippen molar-refractivity contribution in [2.45, 2.75) is 26.4 Å². The van der Waals surface area contributed by atoms with E-state index in [9.17, 15) is 9.18 Å². The predicted octanol–water partition coefficient (Wildman–Crippen LogP) is 5.78. The molecule has 4 rings (SSSR count). The van der Waals surface area contributed by atoms with Crippen LogP contribution >= 0.6 is 15.9 Å². The third kappa shape index (κ3) is 5.59. The number of nitrogens with zero attached hydrogens (tertiary/aromatic N) is 4. The van der Waals surface area contributed by atoms with Crippen LogP contribution in [0.3, 0.4) is 0 Å². The molecule has 1 heterocycles. The van der Waals surface area contributed by atoms with Crippen LogP contribution < -0.4 is 15.2 Å². The number of aryl methyl sites for hydroxylation is 1. The van der Waals surface area contributed by atoms with Crippen LogP contribution in [0.5, 0.6) is 5.75 Å². The maximum atomic E-state index is 14.1. The summed E-state index contributed by atoms with van der Waals surface area (Å²) in [5, 5.41) is 5.00. The van der Waals surface area contributed by atoms with E-state index in [2.05, 4.69) is 26.0 Å². The van der Waals surface area contributed by atoms with Crippen molar-refractivity contribution >= 4 is 38.7 Å². The summed E-state index contributed by atoms with van der Waals surface area (Å²) in [5.41, 5.74) is 2.44. The summed E-state index contributed by atoms with van der Waals surface area (Å²) in [4.78, 5) is 19.9. The van der Waals surface area contributed by atoms with Gasteiger partial charge in [0, 0.05) is 47.9 Å². The molecule has 1 aromatic heterocycles. The van der Waals surface area contributed by atoms with E-state index in [1.54, 1.807) is 30.5 Å². The minimum absolute atomic E-state index is 0.0665. The topological polar surface area (TPSA) is 59.7 Å². The van der Waals surface area contributed by atoms with Crippen LogP contribution in [-0.4, -0.2) is 30.0 Å². The van der Waals surface area contributed by atoms with E-state index in [4.69, 9.17) is 4.74 Å². The van der Waals surface area contributed by atoms with Crippen LogP contribution in [0.4, 0.5) is 10.1 Å². The molecule has 8 heteroatoms. The molecule has 3 aromatic carbocycles. The first-order valence-electron chi connectivity index (χ1n) is 11.3. The van der Waals surface area contributed by atoms with E-state index in [0.717, 1.165) is 16.6 Å². The zero-order valence-electron chi connectivity index (χ0n) is 19.8. The van der Waals surface area contributed by atoms with Crippen molar-refractivity contribution in [1.82, 2.24) is 9.66 Å². The molecule has 4 aromatic rings. The SMILES string of the molecule is CCCc1nc2ccc(Br)cc2c(=O)n1N=Cc1ccc(N(C)C)cc1OCc1ccccc1F. The Hall–Kier alpha value is -3.52. The largest absolute Gasteiger partial charge is 0.488 e. The van der Waals surface area contributed by atoms with Gasteiger partial charge in [-0.25, -0.2) is 9.37 Å². The molecule has 0 amide bonds.